The molecule has 2 N–H and O–H groups in total. The zero-order valence-corrected chi connectivity index (χ0v) is 8.66. The van der Waals surface area contributed by atoms with Crippen LogP contribution in [0.15, 0.2) is 12.3 Å². The molecule has 0 aliphatic heterocycles. The highest BCUT2D eigenvalue weighted by Gasteiger charge is 2.26. The quantitative estimate of drug-likeness (QED) is 0.799. The molecule has 0 amide bonds. The van der Waals surface area contributed by atoms with Gasteiger partial charge in [0, 0.05) is 6.20 Å². The summed E-state index contributed by atoms with van der Waals surface area (Å²) in [4.78, 5) is 4.31. The SMILES string of the molecule is CC(C)c1nccc(N)c1OC1CC1. The second-order valence-electron chi connectivity index (χ2n) is 4.09. The van der Waals surface area contributed by atoms with Gasteiger partial charge in [-0.15, -0.1) is 0 Å². The molecule has 1 aliphatic rings. The fraction of sp³-hybridized carbons (Fsp3) is 0.545. The van der Waals surface area contributed by atoms with Gasteiger partial charge in [0.15, 0.2) is 5.75 Å². The Morgan fingerprint density at radius 1 is 1.50 bits per heavy atom. The van der Waals surface area contributed by atoms with Gasteiger partial charge in [-0.3, -0.25) is 4.98 Å². The van der Waals surface area contributed by atoms with Crippen LogP contribution < -0.4 is 10.5 Å². The van der Waals surface area contributed by atoms with Crippen molar-refractivity contribution in [3.05, 3.63) is 18.0 Å². The third kappa shape index (κ3) is 1.81. The Labute approximate surface area is 84.3 Å². The molecule has 1 aliphatic carbocycles. The molecule has 0 atom stereocenters. The van der Waals surface area contributed by atoms with Gasteiger partial charge < -0.3 is 10.5 Å². The number of aromatic nitrogens is 1. The zero-order chi connectivity index (χ0) is 10.1. The van der Waals surface area contributed by atoms with E-state index >= 15 is 0 Å². The molecule has 76 valence electrons. The number of hydrogen-bond acceptors (Lipinski definition) is 3. The lowest BCUT2D eigenvalue weighted by Crippen LogP contribution is -2.06. The molecule has 3 nitrogen and oxygen atoms in total. The van der Waals surface area contributed by atoms with Crippen LogP contribution in [0.1, 0.15) is 38.3 Å². The Kier molecular flexibility index (Phi) is 2.32. The second-order valence-corrected chi connectivity index (χ2v) is 4.09. The number of hydrogen-bond donors (Lipinski definition) is 1. The molecule has 1 heterocycles. The van der Waals surface area contributed by atoms with E-state index in [-0.39, 0.29) is 0 Å². The first-order valence-electron chi connectivity index (χ1n) is 5.09. The van der Waals surface area contributed by atoms with E-state index in [9.17, 15) is 0 Å². The van der Waals surface area contributed by atoms with Crippen LogP contribution in [-0.2, 0) is 0 Å². The summed E-state index contributed by atoms with van der Waals surface area (Å²) in [6.45, 7) is 4.20. The van der Waals surface area contributed by atoms with Crippen LogP contribution >= 0.6 is 0 Å². The van der Waals surface area contributed by atoms with Gasteiger partial charge in [-0.25, -0.2) is 0 Å². The second kappa shape index (κ2) is 3.48. The Balaban J connectivity index is 2.31. The van der Waals surface area contributed by atoms with Crippen molar-refractivity contribution < 1.29 is 4.74 Å². The predicted octanol–water partition coefficient (Wildman–Crippen LogP) is 2.33. The van der Waals surface area contributed by atoms with Gasteiger partial charge in [-0.05, 0) is 24.8 Å². The first-order chi connectivity index (χ1) is 6.68. The summed E-state index contributed by atoms with van der Waals surface area (Å²) in [7, 11) is 0. The van der Waals surface area contributed by atoms with Crippen LogP contribution in [0.4, 0.5) is 5.69 Å². The number of nitrogens with two attached hydrogens (primary N) is 1. The van der Waals surface area contributed by atoms with E-state index < -0.39 is 0 Å². The average Bonchev–Trinajstić information content (AvgIpc) is 2.91. The maximum atomic E-state index is 5.87. The fourth-order valence-corrected chi connectivity index (χ4v) is 1.37. The third-order valence-electron chi connectivity index (χ3n) is 2.32. The van der Waals surface area contributed by atoms with E-state index in [4.69, 9.17) is 10.5 Å². The molecule has 1 aromatic heterocycles. The fourth-order valence-electron chi connectivity index (χ4n) is 1.37. The third-order valence-corrected chi connectivity index (χ3v) is 2.32. The molecule has 0 spiro atoms. The minimum atomic E-state index is 0.354. The Hall–Kier alpha value is -1.25. The van der Waals surface area contributed by atoms with Gasteiger partial charge in [-0.2, -0.15) is 0 Å². The van der Waals surface area contributed by atoms with Crippen LogP contribution in [0.5, 0.6) is 5.75 Å². The lowest BCUT2D eigenvalue weighted by Gasteiger charge is -2.14. The van der Waals surface area contributed by atoms with E-state index in [2.05, 4.69) is 18.8 Å². The maximum Gasteiger partial charge on any atom is 0.164 e. The lowest BCUT2D eigenvalue weighted by molar-refractivity contribution is 0.299. The molecule has 14 heavy (non-hydrogen) atoms. The van der Waals surface area contributed by atoms with Gasteiger partial charge in [0.25, 0.3) is 0 Å². The van der Waals surface area contributed by atoms with Crippen molar-refractivity contribution in [2.24, 2.45) is 0 Å². The molecule has 0 unspecified atom stereocenters. The van der Waals surface area contributed by atoms with Crippen LogP contribution in [0.3, 0.4) is 0 Å². The monoisotopic (exact) mass is 192 g/mol. The standard InChI is InChI=1S/C11H16N2O/c1-7(2)10-11(14-8-3-4-8)9(12)5-6-13-10/h5-8H,3-4H2,1-2H3,(H2,12,13). The van der Waals surface area contributed by atoms with E-state index in [0.717, 1.165) is 24.3 Å². The van der Waals surface area contributed by atoms with Crippen LogP contribution in [0, 0.1) is 0 Å². The van der Waals surface area contributed by atoms with Crippen LogP contribution in [-0.4, -0.2) is 11.1 Å². The highest BCUT2D eigenvalue weighted by Crippen LogP contribution is 2.35. The number of pyridine rings is 1. The van der Waals surface area contributed by atoms with Gasteiger partial charge in [0.05, 0.1) is 17.5 Å². The minimum absolute atomic E-state index is 0.354. The molecule has 1 saturated carbocycles. The molecule has 0 aromatic carbocycles. The van der Waals surface area contributed by atoms with Gasteiger partial charge in [0.1, 0.15) is 0 Å². The van der Waals surface area contributed by atoms with Crippen molar-refractivity contribution in [1.82, 2.24) is 4.98 Å². The number of ether oxygens (including phenoxy) is 1. The Morgan fingerprint density at radius 3 is 2.79 bits per heavy atom. The summed E-state index contributed by atoms with van der Waals surface area (Å²) in [5.41, 5.74) is 7.54. The number of rotatable bonds is 3. The van der Waals surface area contributed by atoms with Gasteiger partial charge >= 0.3 is 0 Å². The molecule has 1 fully saturated rings. The average molecular weight is 192 g/mol. The van der Waals surface area contributed by atoms with Gasteiger partial charge in [0.2, 0.25) is 0 Å². The Morgan fingerprint density at radius 2 is 2.21 bits per heavy atom. The first kappa shape index (κ1) is 9.31. The number of nitrogens with zero attached hydrogens (tertiary/aromatic N) is 1. The van der Waals surface area contributed by atoms with E-state index in [1.807, 2.05) is 0 Å². The summed E-state index contributed by atoms with van der Waals surface area (Å²) in [5, 5.41) is 0. The highest BCUT2D eigenvalue weighted by molar-refractivity contribution is 5.55. The molecule has 3 heteroatoms. The minimum Gasteiger partial charge on any atom is -0.486 e. The topological polar surface area (TPSA) is 48.1 Å². The molecular weight excluding hydrogens is 176 g/mol. The van der Waals surface area contributed by atoms with Crippen molar-refractivity contribution in [2.45, 2.75) is 38.7 Å². The molecule has 0 saturated heterocycles. The zero-order valence-electron chi connectivity index (χ0n) is 8.66. The molecular formula is C11H16N2O. The van der Waals surface area contributed by atoms with Crippen molar-refractivity contribution in [3.8, 4) is 5.75 Å². The van der Waals surface area contributed by atoms with E-state index in [0.29, 0.717) is 17.7 Å². The smallest absolute Gasteiger partial charge is 0.164 e. The maximum absolute atomic E-state index is 5.87. The highest BCUT2D eigenvalue weighted by atomic mass is 16.5. The van der Waals surface area contributed by atoms with Gasteiger partial charge in [-0.1, -0.05) is 13.8 Å². The predicted molar refractivity (Wildman–Crippen MR) is 56.4 cm³/mol. The molecule has 0 bridgehead atoms. The van der Waals surface area contributed by atoms with Crippen molar-refractivity contribution >= 4 is 5.69 Å². The summed E-state index contributed by atoms with van der Waals surface area (Å²) >= 11 is 0. The van der Waals surface area contributed by atoms with Crippen LogP contribution in [0.2, 0.25) is 0 Å². The van der Waals surface area contributed by atoms with Crippen LogP contribution in [0.25, 0.3) is 0 Å². The molecule has 0 radical (unpaired) electrons. The van der Waals surface area contributed by atoms with Crippen molar-refractivity contribution in [2.75, 3.05) is 5.73 Å². The van der Waals surface area contributed by atoms with E-state index in [1.54, 1.807) is 12.3 Å². The number of nitrogen functional groups attached to an aromatic ring is 1. The first-order valence-corrected chi connectivity index (χ1v) is 5.09. The summed E-state index contributed by atoms with van der Waals surface area (Å²) in [6, 6.07) is 1.80. The summed E-state index contributed by atoms with van der Waals surface area (Å²) < 4.78 is 5.76. The largest absolute Gasteiger partial charge is 0.486 e. The lowest BCUT2D eigenvalue weighted by atomic mass is 10.1. The summed E-state index contributed by atoms with van der Waals surface area (Å²) in [6.07, 6.45) is 4.40. The van der Waals surface area contributed by atoms with Crippen molar-refractivity contribution in [3.63, 3.8) is 0 Å². The normalized spacial score (nSPS) is 15.9. The summed E-state index contributed by atoms with van der Waals surface area (Å²) in [5.74, 6) is 1.15. The molecule has 2 rings (SSSR count). The van der Waals surface area contributed by atoms with Crippen molar-refractivity contribution in [1.29, 1.82) is 0 Å². The van der Waals surface area contributed by atoms with E-state index in [1.165, 1.54) is 0 Å². The Bertz CT molecular complexity index is 332. The number of anilines is 1. The molecule has 1 aromatic rings.